The number of hydrogen-bond acceptors (Lipinski definition) is 8. The van der Waals surface area contributed by atoms with Gasteiger partial charge in [0.05, 0.1) is 27.7 Å². The predicted molar refractivity (Wildman–Crippen MR) is 231 cm³/mol. The highest BCUT2D eigenvalue weighted by atomic mass is 31.2. The molecule has 56 heavy (non-hydrogen) atoms. The number of ether oxygens (including phenoxy) is 2. The molecule has 0 saturated carbocycles. The molecule has 0 aromatic carbocycles. The van der Waals surface area contributed by atoms with Crippen LogP contribution in [0.5, 0.6) is 0 Å². The molecule has 0 N–H and O–H groups in total. The number of rotatable bonds is 41. The minimum atomic E-state index is -4.63. The molecule has 0 bridgehead atoms. The third-order valence-corrected chi connectivity index (χ3v) is 10.6. The number of likely N-dealkylation sites (N-methyl/N-ethyl adjacent to an activating group) is 1. The summed E-state index contributed by atoms with van der Waals surface area (Å²) in [5, 5.41) is 0. The first kappa shape index (κ1) is 54.2. The van der Waals surface area contributed by atoms with Crippen molar-refractivity contribution in [2.75, 3.05) is 47.5 Å². The Labute approximate surface area is 344 Å². The van der Waals surface area contributed by atoms with E-state index in [0.717, 1.165) is 57.8 Å². The fourth-order valence-corrected chi connectivity index (χ4v) is 6.76. The summed E-state index contributed by atoms with van der Waals surface area (Å²) in [6, 6.07) is 0. The molecule has 0 aromatic rings. The van der Waals surface area contributed by atoms with Gasteiger partial charge in [-0.1, -0.05) is 147 Å². The zero-order valence-electron chi connectivity index (χ0n) is 36.8. The molecule has 0 fully saturated rings. The monoisotopic (exact) mass is 812 g/mol. The van der Waals surface area contributed by atoms with Gasteiger partial charge in [-0.15, -0.1) is 0 Å². The first-order valence-corrected chi connectivity index (χ1v) is 24.2. The summed E-state index contributed by atoms with van der Waals surface area (Å²) < 4.78 is 33.9. The van der Waals surface area contributed by atoms with Gasteiger partial charge in [0.25, 0.3) is 7.82 Å². The van der Waals surface area contributed by atoms with E-state index in [1.165, 1.54) is 96.3 Å². The van der Waals surface area contributed by atoms with Crippen LogP contribution in [0.15, 0.2) is 36.5 Å². The van der Waals surface area contributed by atoms with Gasteiger partial charge in [-0.05, 0) is 70.6 Å². The first-order chi connectivity index (χ1) is 27.0. The fourth-order valence-electron chi connectivity index (χ4n) is 6.03. The first-order valence-electron chi connectivity index (χ1n) is 22.7. The van der Waals surface area contributed by atoms with E-state index < -0.39 is 32.5 Å². The van der Waals surface area contributed by atoms with Crippen molar-refractivity contribution in [3.63, 3.8) is 0 Å². The Morgan fingerprint density at radius 2 is 0.964 bits per heavy atom. The second kappa shape index (κ2) is 38.7. The van der Waals surface area contributed by atoms with Crippen LogP contribution in [0.4, 0.5) is 0 Å². The molecule has 0 spiro atoms. The Morgan fingerprint density at radius 3 is 1.46 bits per heavy atom. The molecule has 0 aliphatic carbocycles. The lowest BCUT2D eigenvalue weighted by Gasteiger charge is -2.28. The van der Waals surface area contributed by atoms with Crippen LogP contribution in [0.25, 0.3) is 0 Å². The molecule has 0 amide bonds. The van der Waals surface area contributed by atoms with E-state index in [1.54, 1.807) is 0 Å². The van der Waals surface area contributed by atoms with Crippen LogP contribution in [0.2, 0.25) is 0 Å². The third-order valence-electron chi connectivity index (χ3n) is 9.63. The molecular formula is C46H86NO8P. The van der Waals surface area contributed by atoms with Crippen LogP contribution in [0.1, 0.15) is 194 Å². The lowest BCUT2D eigenvalue weighted by molar-refractivity contribution is -0.870. The molecular weight excluding hydrogens is 725 g/mol. The summed E-state index contributed by atoms with van der Waals surface area (Å²) in [5.74, 6) is -0.851. The van der Waals surface area contributed by atoms with Crippen molar-refractivity contribution >= 4 is 19.8 Å². The van der Waals surface area contributed by atoms with Crippen molar-refractivity contribution in [3.05, 3.63) is 36.5 Å². The molecule has 9 nitrogen and oxygen atoms in total. The summed E-state index contributed by atoms with van der Waals surface area (Å²) >= 11 is 0. The number of carbonyl (C=O) groups excluding carboxylic acids is 2. The third kappa shape index (κ3) is 41.9. The van der Waals surface area contributed by atoms with Crippen LogP contribution in [0.3, 0.4) is 0 Å². The quantitative estimate of drug-likeness (QED) is 0.0197. The van der Waals surface area contributed by atoms with Crippen LogP contribution >= 0.6 is 7.82 Å². The summed E-state index contributed by atoms with van der Waals surface area (Å²) in [6.45, 7) is 4.18. The van der Waals surface area contributed by atoms with E-state index in [0.29, 0.717) is 23.9 Å². The van der Waals surface area contributed by atoms with Gasteiger partial charge in [0, 0.05) is 12.8 Å². The van der Waals surface area contributed by atoms with Crippen molar-refractivity contribution in [3.8, 4) is 0 Å². The number of hydrogen-bond donors (Lipinski definition) is 0. The number of allylic oxidation sites excluding steroid dienone is 6. The second-order valence-corrected chi connectivity index (χ2v) is 17.8. The number of esters is 2. The van der Waals surface area contributed by atoms with Gasteiger partial charge in [0.1, 0.15) is 19.8 Å². The van der Waals surface area contributed by atoms with E-state index in [2.05, 4.69) is 50.3 Å². The smallest absolute Gasteiger partial charge is 0.306 e. The molecule has 1 unspecified atom stereocenters. The van der Waals surface area contributed by atoms with E-state index >= 15 is 0 Å². The second-order valence-electron chi connectivity index (χ2n) is 16.4. The highest BCUT2D eigenvalue weighted by Gasteiger charge is 2.21. The van der Waals surface area contributed by atoms with Crippen LogP contribution in [0, 0.1) is 0 Å². The average molecular weight is 812 g/mol. The molecule has 0 aliphatic rings. The minimum absolute atomic E-state index is 0.0336. The summed E-state index contributed by atoms with van der Waals surface area (Å²) in [6.07, 6.45) is 43.0. The van der Waals surface area contributed by atoms with Crippen molar-refractivity contribution < 1.29 is 42.1 Å². The number of phosphoric ester groups is 1. The molecule has 2 atom stereocenters. The van der Waals surface area contributed by atoms with Crippen LogP contribution in [-0.4, -0.2) is 70.0 Å². The predicted octanol–water partition coefficient (Wildman–Crippen LogP) is 12.3. The Bertz CT molecular complexity index is 1050. The average Bonchev–Trinajstić information content (AvgIpc) is 3.15. The maximum atomic E-state index is 12.7. The number of carbonyl (C=O) groups is 2. The van der Waals surface area contributed by atoms with Crippen LogP contribution < -0.4 is 4.89 Å². The Hall–Kier alpha value is -1.77. The SMILES string of the molecule is CCCCC/C=C\C/C=C\CCCCCCCC(=O)OC[C@H](COP(=O)([O-])OCC[N+](C)(C)C)OC(=O)CCCCCCCCCCC/C=C\CCCCCC. The molecule has 328 valence electrons. The molecule has 10 heteroatoms. The van der Waals surface area contributed by atoms with Crippen molar-refractivity contribution in [2.45, 2.75) is 200 Å². The lowest BCUT2D eigenvalue weighted by Crippen LogP contribution is -2.37. The largest absolute Gasteiger partial charge is 0.756 e. The molecule has 0 radical (unpaired) electrons. The minimum Gasteiger partial charge on any atom is -0.756 e. The number of nitrogens with zero attached hydrogens (tertiary/aromatic N) is 1. The summed E-state index contributed by atoms with van der Waals surface area (Å²) in [5.41, 5.74) is 0. The molecule has 0 aliphatic heterocycles. The summed E-state index contributed by atoms with van der Waals surface area (Å²) in [4.78, 5) is 37.5. The van der Waals surface area contributed by atoms with E-state index in [9.17, 15) is 19.0 Å². The standard InChI is InChI=1S/C46H86NO8P/c1-6-8-10-12-14-16-18-20-22-23-25-27-29-31-33-35-37-39-46(49)55-44(43-54-56(50,51)53-41-40-47(3,4)5)42-52-45(48)38-36-34-32-30-28-26-24-21-19-17-15-13-11-9-7-2/h15-18,21,24,44H,6-14,19-20,22-23,25-43H2,1-5H3/b17-15-,18-16-,24-21-/t44-/m1/s1. The maximum Gasteiger partial charge on any atom is 0.306 e. The molecule has 0 saturated heterocycles. The van der Waals surface area contributed by atoms with Gasteiger partial charge in [0.2, 0.25) is 0 Å². The highest BCUT2D eigenvalue weighted by molar-refractivity contribution is 7.45. The van der Waals surface area contributed by atoms with Gasteiger partial charge in [0.15, 0.2) is 6.10 Å². The molecule has 0 aromatic heterocycles. The highest BCUT2D eigenvalue weighted by Crippen LogP contribution is 2.38. The van der Waals surface area contributed by atoms with Gasteiger partial charge < -0.3 is 27.9 Å². The zero-order chi connectivity index (χ0) is 41.4. The van der Waals surface area contributed by atoms with Gasteiger partial charge in [-0.2, -0.15) is 0 Å². The number of unbranched alkanes of at least 4 members (excludes halogenated alkanes) is 21. The maximum absolute atomic E-state index is 12.7. The van der Waals surface area contributed by atoms with Crippen LogP contribution in [-0.2, 0) is 32.7 Å². The van der Waals surface area contributed by atoms with Crippen molar-refractivity contribution in [2.24, 2.45) is 0 Å². The van der Waals surface area contributed by atoms with E-state index in [-0.39, 0.29) is 26.1 Å². The van der Waals surface area contributed by atoms with Gasteiger partial charge in [-0.3, -0.25) is 14.2 Å². The molecule has 0 rings (SSSR count). The Balaban J connectivity index is 4.36. The molecule has 0 heterocycles. The summed E-state index contributed by atoms with van der Waals surface area (Å²) in [7, 11) is 1.16. The number of phosphoric acid groups is 1. The van der Waals surface area contributed by atoms with E-state index in [4.69, 9.17) is 18.5 Å². The Kier molecular flexibility index (Phi) is 37.5. The normalized spacial score (nSPS) is 13.9. The number of quaternary nitrogens is 1. The van der Waals surface area contributed by atoms with Crippen molar-refractivity contribution in [1.82, 2.24) is 0 Å². The lowest BCUT2D eigenvalue weighted by atomic mass is 10.1. The zero-order valence-corrected chi connectivity index (χ0v) is 37.7. The van der Waals surface area contributed by atoms with Gasteiger partial charge in [-0.25, -0.2) is 0 Å². The van der Waals surface area contributed by atoms with Crippen molar-refractivity contribution in [1.29, 1.82) is 0 Å². The fraction of sp³-hybridized carbons (Fsp3) is 0.826. The Morgan fingerprint density at radius 1 is 0.554 bits per heavy atom. The topological polar surface area (TPSA) is 111 Å². The van der Waals surface area contributed by atoms with Gasteiger partial charge >= 0.3 is 11.9 Å². The van der Waals surface area contributed by atoms with E-state index in [1.807, 2.05) is 21.1 Å².